The minimum absolute atomic E-state index is 0.0502. The number of benzene rings is 1. The monoisotopic (exact) mass is 286 g/mol. The lowest BCUT2D eigenvalue weighted by Crippen LogP contribution is -2.25. The molecule has 21 heavy (non-hydrogen) atoms. The lowest BCUT2D eigenvalue weighted by atomic mass is 10.1. The van der Waals surface area contributed by atoms with Gasteiger partial charge in [-0.05, 0) is 18.6 Å². The van der Waals surface area contributed by atoms with Crippen LogP contribution in [0.25, 0.3) is 0 Å². The third kappa shape index (κ3) is 4.24. The van der Waals surface area contributed by atoms with Gasteiger partial charge in [0.1, 0.15) is 0 Å². The van der Waals surface area contributed by atoms with E-state index in [0.717, 1.165) is 17.0 Å². The van der Waals surface area contributed by atoms with E-state index in [1.54, 1.807) is 0 Å². The molecule has 5 heteroatoms. The van der Waals surface area contributed by atoms with Crippen LogP contribution in [0.3, 0.4) is 0 Å². The number of rotatable bonds is 6. The molecule has 1 heterocycles. The highest BCUT2D eigenvalue weighted by atomic mass is 16.3. The summed E-state index contributed by atoms with van der Waals surface area (Å²) in [5.74, 6) is 0.701. The van der Waals surface area contributed by atoms with Crippen LogP contribution in [0, 0.1) is 6.92 Å². The van der Waals surface area contributed by atoms with Gasteiger partial charge in [-0.3, -0.25) is 0 Å². The molecule has 1 aromatic carbocycles. The van der Waals surface area contributed by atoms with Crippen molar-refractivity contribution in [3.05, 3.63) is 53.3 Å². The fraction of sp³-hybridized carbons (Fsp3) is 0.375. The Morgan fingerprint density at radius 3 is 2.52 bits per heavy atom. The van der Waals surface area contributed by atoms with Gasteiger partial charge >= 0.3 is 0 Å². The van der Waals surface area contributed by atoms with Gasteiger partial charge in [0.2, 0.25) is 5.95 Å². The first kappa shape index (κ1) is 15.4. The van der Waals surface area contributed by atoms with Crippen molar-refractivity contribution in [3.8, 4) is 0 Å². The highest BCUT2D eigenvalue weighted by Crippen LogP contribution is 2.13. The van der Waals surface area contributed by atoms with Crippen molar-refractivity contribution in [2.45, 2.75) is 19.5 Å². The molecule has 112 valence electrons. The standard InChI is InChI=1S/C16H22N4O/c1-12-9-14(19-16(18-12)20(2)3)10-17-15(11-21)13-7-5-4-6-8-13/h4-9,15,17,21H,10-11H2,1-3H3/t15-/m1/s1. The summed E-state index contributed by atoms with van der Waals surface area (Å²) in [5, 5.41) is 12.9. The average molecular weight is 286 g/mol. The molecule has 0 saturated heterocycles. The summed E-state index contributed by atoms with van der Waals surface area (Å²) >= 11 is 0. The van der Waals surface area contributed by atoms with E-state index < -0.39 is 0 Å². The van der Waals surface area contributed by atoms with Crippen LogP contribution in [-0.2, 0) is 6.54 Å². The first-order valence-electron chi connectivity index (χ1n) is 7.01. The molecule has 0 aliphatic carbocycles. The second-order valence-corrected chi connectivity index (χ2v) is 5.22. The van der Waals surface area contributed by atoms with Crippen molar-refractivity contribution >= 4 is 5.95 Å². The van der Waals surface area contributed by atoms with Crippen LogP contribution in [0.5, 0.6) is 0 Å². The Morgan fingerprint density at radius 1 is 1.19 bits per heavy atom. The molecule has 5 nitrogen and oxygen atoms in total. The number of aryl methyl sites for hydroxylation is 1. The minimum Gasteiger partial charge on any atom is -0.394 e. The molecule has 0 radical (unpaired) electrons. The van der Waals surface area contributed by atoms with Gasteiger partial charge in [0.15, 0.2) is 0 Å². The summed E-state index contributed by atoms with van der Waals surface area (Å²) in [7, 11) is 3.85. The topological polar surface area (TPSA) is 61.3 Å². The van der Waals surface area contributed by atoms with Crippen LogP contribution in [-0.4, -0.2) is 35.8 Å². The Bertz CT molecular complexity index is 572. The van der Waals surface area contributed by atoms with E-state index in [1.165, 1.54) is 0 Å². The smallest absolute Gasteiger partial charge is 0.225 e. The average Bonchev–Trinajstić information content (AvgIpc) is 2.48. The number of aliphatic hydroxyl groups excluding tert-OH is 1. The third-order valence-corrected chi connectivity index (χ3v) is 3.21. The molecular weight excluding hydrogens is 264 g/mol. The van der Waals surface area contributed by atoms with E-state index in [9.17, 15) is 5.11 Å². The van der Waals surface area contributed by atoms with Gasteiger partial charge in [0, 0.05) is 26.3 Å². The van der Waals surface area contributed by atoms with Gasteiger partial charge in [-0.25, -0.2) is 9.97 Å². The number of hydrogen-bond acceptors (Lipinski definition) is 5. The van der Waals surface area contributed by atoms with Crippen molar-refractivity contribution in [1.82, 2.24) is 15.3 Å². The molecule has 1 atom stereocenters. The molecular formula is C16H22N4O. The SMILES string of the molecule is Cc1cc(CN[C@H](CO)c2ccccc2)nc(N(C)C)n1. The molecule has 0 saturated carbocycles. The Hall–Kier alpha value is -1.98. The van der Waals surface area contributed by atoms with Crippen LogP contribution >= 0.6 is 0 Å². The Morgan fingerprint density at radius 2 is 1.90 bits per heavy atom. The van der Waals surface area contributed by atoms with Crippen LogP contribution < -0.4 is 10.2 Å². The summed E-state index contributed by atoms with van der Waals surface area (Å²) in [6.45, 7) is 2.60. The van der Waals surface area contributed by atoms with Crippen molar-refractivity contribution in [3.63, 3.8) is 0 Å². The van der Waals surface area contributed by atoms with Crippen molar-refractivity contribution in [1.29, 1.82) is 0 Å². The molecule has 2 N–H and O–H groups in total. The Balaban J connectivity index is 2.08. The molecule has 1 aromatic heterocycles. The van der Waals surface area contributed by atoms with E-state index in [-0.39, 0.29) is 12.6 Å². The van der Waals surface area contributed by atoms with Crippen molar-refractivity contribution in [2.24, 2.45) is 0 Å². The fourth-order valence-corrected chi connectivity index (χ4v) is 2.11. The van der Waals surface area contributed by atoms with Crippen molar-refractivity contribution < 1.29 is 5.11 Å². The van der Waals surface area contributed by atoms with E-state index in [0.29, 0.717) is 12.5 Å². The first-order valence-corrected chi connectivity index (χ1v) is 7.01. The van der Waals surface area contributed by atoms with Crippen molar-refractivity contribution in [2.75, 3.05) is 25.6 Å². The molecule has 0 fully saturated rings. The van der Waals surface area contributed by atoms with E-state index in [4.69, 9.17) is 0 Å². The number of anilines is 1. The number of nitrogens with one attached hydrogen (secondary N) is 1. The van der Waals surface area contributed by atoms with Gasteiger partial charge in [-0.2, -0.15) is 0 Å². The van der Waals surface area contributed by atoms with E-state index >= 15 is 0 Å². The summed E-state index contributed by atoms with van der Waals surface area (Å²) in [6, 6.07) is 11.8. The molecule has 0 aliphatic heterocycles. The molecule has 0 aliphatic rings. The van der Waals surface area contributed by atoms with Crippen LogP contribution in [0.4, 0.5) is 5.95 Å². The summed E-state index contributed by atoms with van der Waals surface area (Å²) < 4.78 is 0. The quantitative estimate of drug-likeness (QED) is 0.846. The second kappa shape index (κ2) is 7.15. The Kier molecular flexibility index (Phi) is 5.25. The fourth-order valence-electron chi connectivity index (χ4n) is 2.11. The van der Waals surface area contributed by atoms with Crippen LogP contribution in [0.1, 0.15) is 23.0 Å². The maximum absolute atomic E-state index is 9.55. The molecule has 0 bridgehead atoms. The zero-order chi connectivity index (χ0) is 15.2. The van der Waals surface area contributed by atoms with E-state index in [1.807, 2.05) is 62.3 Å². The summed E-state index contributed by atoms with van der Waals surface area (Å²) in [6.07, 6.45) is 0. The predicted octanol–water partition coefficient (Wildman–Crippen LogP) is 1.67. The first-order chi connectivity index (χ1) is 10.1. The lowest BCUT2D eigenvalue weighted by Gasteiger charge is -2.17. The normalized spacial score (nSPS) is 12.2. The maximum atomic E-state index is 9.55. The molecule has 0 spiro atoms. The number of hydrogen-bond donors (Lipinski definition) is 2. The van der Waals surface area contributed by atoms with E-state index in [2.05, 4.69) is 15.3 Å². The lowest BCUT2D eigenvalue weighted by molar-refractivity contribution is 0.243. The van der Waals surface area contributed by atoms with Gasteiger partial charge in [0.05, 0.1) is 18.3 Å². The van der Waals surface area contributed by atoms with Gasteiger partial charge in [-0.15, -0.1) is 0 Å². The minimum atomic E-state index is -0.0933. The Labute approximate surface area is 125 Å². The molecule has 0 unspecified atom stereocenters. The van der Waals surface area contributed by atoms with Crippen LogP contribution in [0.15, 0.2) is 36.4 Å². The number of nitrogens with zero attached hydrogens (tertiary/aromatic N) is 3. The third-order valence-electron chi connectivity index (χ3n) is 3.21. The van der Waals surface area contributed by atoms with Gasteiger partial charge in [-0.1, -0.05) is 30.3 Å². The zero-order valence-corrected chi connectivity index (χ0v) is 12.7. The summed E-state index contributed by atoms with van der Waals surface area (Å²) in [5.41, 5.74) is 2.92. The van der Waals surface area contributed by atoms with Gasteiger partial charge < -0.3 is 15.3 Å². The second-order valence-electron chi connectivity index (χ2n) is 5.22. The highest BCUT2D eigenvalue weighted by Gasteiger charge is 2.10. The molecule has 2 aromatic rings. The molecule has 0 amide bonds. The summed E-state index contributed by atoms with van der Waals surface area (Å²) in [4.78, 5) is 10.8. The van der Waals surface area contributed by atoms with Crippen LogP contribution in [0.2, 0.25) is 0 Å². The maximum Gasteiger partial charge on any atom is 0.225 e. The zero-order valence-electron chi connectivity index (χ0n) is 12.7. The van der Waals surface area contributed by atoms with Gasteiger partial charge in [0.25, 0.3) is 0 Å². The highest BCUT2D eigenvalue weighted by molar-refractivity contribution is 5.30. The molecule has 2 rings (SSSR count). The predicted molar refractivity (Wildman–Crippen MR) is 84.2 cm³/mol. The largest absolute Gasteiger partial charge is 0.394 e. The number of aliphatic hydroxyl groups is 1. The number of aromatic nitrogens is 2.